The number of nitrogens with two attached hydrogens (primary N) is 1. The molecule has 0 saturated heterocycles. The minimum Gasteiger partial charge on any atom is -0.492 e. The van der Waals surface area contributed by atoms with Crippen molar-refractivity contribution in [2.75, 3.05) is 18.9 Å². The fraction of sp³-hybridized carbons (Fsp3) is 0.533. The Labute approximate surface area is 115 Å². The average molecular weight is 264 g/mol. The summed E-state index contributed by atoms with van der Waals surface area (Å²) in [5.41, 5.74) is 6.92. The molecule has 1 amide bonds. The summed E-state index contributed by atoms with van der Waals surface area (Å²) in [6.45, 7) is 5.34. The van der Waals surface area contributed by atoms with E-state index >= 15 is 0 Å². The molecule has 0 atom stereocenters. The third kappa shape index (κ3) is 5.20. The average Bonchev–Trinajstić information content (AvgIpc) is 2.41. The van der Waals surface area contributed by atoms with Crippen molar-refractivity contribution in [2.45, 2.75) is 39.5 Å². The largest absolute Gasteiger partial charge is 0.492 e. The van der Waals surface area contributed by atoms with Crippen molar-refractivity contribution in [3.8, 4) is 5.75 Å². The van der Waals surface area contributed by atoms with Crippen molar-refractivity contribution in [3.63, 3.8) is 0 Å². The molecule has 1 aromatic rings. The molecule has 0 radical (unpaired) electrons. The number of carbonyl (C=O) groups excluding carboxylic acids is 1. The number of amides is 1. The van der Waals surface area contributed by atoms with Gasteiger partial charge in [-0.3, -0.25) is 4.79 Å². The molecular weight excluding hydrogens is 240 g/mol. The first-order valence-electron chi connectivity index (χ1n) is 6.99. The van der Waals surface area contributed by atoms with Gasteiger partial charge in [-0.1, -0.05) is 26.2 Å². The zero-order chi connectivity index (χ0) is 14.1. The molecule has 1 rings (SSSR count). The molecule has 106 valence electrons. The van der Waals surface area contributed by atoms with Gasteiger partial charge in [0.1, 0.15) is 5.75 Å². The molecule has 1 aromatic carbocycles. The Morgan fingerprint density at radius 2 is 2.05 bits per heavy atom. The Kier molecular flexibility index (Phi) is 6.79. The van der Waals surface area contributed by atoms with Gasteiger partial charge in [0.25, 0.3) is 5.91 Å². The van der Waals surface area contributed by atoms with Gasteiger partial charge in [0.2, 0.25) is 0 Å². The Morgan fingerprint density at radius 1 is 1.26 bits per heavy atom. The topological polar surface area (TPSA) is 64.3 Å². The fourth-order valence-corrected chi connectivity index (χ4v) is 1.83. The van der Waals surface area contributed by atoms with Crippen LogP contribution in [0.5, 0.6) is 5.75 Å². The highest BCUT2D eigenvalue weighted by Crippen LogP contribution is 2.22. The van der Waals surface area contributed by atoms with Crippen LogP contribution in [0.1, 0.15) is 49.9 Å². The minimum atomic E-state index is -0.0775. The van der Waals surface area contributed by atoms with Gasteiger partial charge in [-0.05, 0) is 31.5 Å². The summed E-state index contributed by atoms with van der Waals surface area (Å²) in [7, 11) is 0. The number of nitrogen functional groups attached to an aromatic ring is 1. The molecule has 3 N–H and O–H groups in total. The van der Waals surface area contributed by atoms with Crippen LogP contribution in [0.2, 0.25) is 0 Å². The van der Waals surface area contributed by atoms with Crippen molar-refractivity contribution in [3.05, 3.63) is 23.8 Å². The van der Waals surface area contributed by atoms with E-state index < -0.39 is 0 Å². The van der Waals surface area contributed by atoms with Crippen molar-refractivity contribution in [1.29, 1.82) is 0 Å². The Bertz CT molecular complexity index is 405. The molecule has 0 aliphatic rings. The third-order valence-corrected chi connectivity index (χ3v) is 2.89. The molecule has 0 aromatic heterocycles. The Morgan fingerprint density at radius 3 is 2.68 bits per heavy atom. The molecule has 0 heterocycles. The first kappa shape index (κ1) is 15.3. The summed E-state index contributed by atoms with van der Waals surface area (Å²) in [5.74, 6) is 0.549. The highest BCUT2D eigenvalue weighted by molar-refractivity contribution is 5.95. The van der Waals surface area contributed by atoms with Crippen molar-refractivity contribution < 1.29 is 9.53 Å². The maximum atomic E-state index is 11.9. The molecule has 0 bridgehead atoms. The van der Waals surface area contributed by atoms with Gasteiger partial charge in [-0.25, -0.2) is 0 Å². The van der Waals surface area contributed by atoms with Crippen LogP contribution in [0.25, 0.3) is 0 Å². The molecule has 0 aliphatic carbocycles. The Balaban J connectivity index is 2.46. The number of ether oxygens (including phenoxy) is 1. The van der Waals surface area contributed by atoms with Crippen LogP contribution >= 0.6 is 0 Å². The van der Waals surface area contributed by atoms with Crippen molar-refractivity contribution in [1.82, 2.24) is 5.32 Å². The predicted molar refractivity (Wildman–Crippen MR) is 78.5 cm³/mol. The highest BCUT2D eigenvalue weighted by Gasteiger charge is 2.08. The summed E-state index contributed by atoms with van der Waals surface area (Å²) >= 11 is 0. The second-order valence-corrected chi connectivity index (χ2v) is 4.50. The van der Waals surface area contributed by atoms with Gasteiger partial charge in [0.15, 0.2) is 0 Å². The predicted octanol–water partition coefficient (Wildman–Crippen LogP) is 2.98. The van der Waals surface area contributed by atoms with Gasteiger partial charge in [0, 0.05) is 12.1 Å². The van der Waals surface area contributed by atoms with Gasteiger partial charge in [0.05, 0.1) is 12.3 Å². The quantitative estimate of drug-likeness (QED) is 0.560. The van der Waals surface area contributed by atoms with Crippen LogP contribution in [-0.4, -0.2) is 19.1 Å². The van der Waals surface area contributed by atoms with E-state index in [1.807, 2.05) is 6.92 Å². The number of hydrogen-bond donors (Lipinski definition) is 2. The fourth-order valence-electron chi connectivity index (χ4n) is 1.83. The van der Waals surface area contributed by atoms with Crippen LogP contribution in [0.4, 0.5) is 5.69 Å². The third-order valence-electron chi connectivity index (χ3n) is 2.89. The second kappa shape index (κ2) is 8.40. The lowest BCUT2D eigenvalue weighted by atomic mass is 10.1. The van der Waals surface area contributed by atoms with Crippen LogP contribution in [-0.2, 0) is 0 Å². The molecule has 4 heteroatoms. The molecule has 4 nitrogen and oxygen atoms in total. The molecule has 0 saturated carbocycles. The Hall–Kier alpha value is -1.71. The number of unbranched alkanes of at least 4 members (excludes halogenated alkanes) is 3. The maximum Gasteiger partial charge on any atom is 0.251 e. The summed E-state index contributed by atoms with van der Waals surface area (Å²) in [5, 5.41) is 2.90. The number of rotatable bonds is 8. The lowest BCUT2D eigenvalue weighted by molar-refractivity contribution is 0.0953. The monoisotopic (exact) mass is 264 g/mol. The normalized spacial score (nSPS) is 10.2. The maximum absolute atomic E-state index is 11.9. The van der Waals surface area contributed by atoms with Gasteiger partial charge in [-0.15, -0.1) is 0 Å². The lowest BCUT2D eigenvalue weighted by Gasteiger charge is -2.09. The molecular formula is C15H24N2O2. The summed E-state index contributed by atoms with van der Waals surface area (Å²) in [6, 6.07) is 5.14. The molecule has 0 aliphatic heterocycles. The molecule has 0 fully saturated rings. The molecule has 0 unspecified atom stereocenters. The number of carbonyl (C=O) groups is 1. The lowest BCUT2D eigenvalue weighted by Crippen LogP contribution is -2.24. The van der Waals surface area contributed by atoms with E-state index in [1.54, 1.807) is 18.2 Å². The standard InChI is InChI=1S/C15H24N2O2/c1-3-5-6-7-10-17-15(18)12-8-9-14(19-4-2)13(16)11-12/h8-9,11H,3-7,10,16H2,1-2H3,(H,17,18). The number of nitrogens with one attached hydrogen (secondary N) is 1. The zero-order valence-electron chi connectivity index (χ0n) is 11.9. The summed E-state index contributed by atoms with van der Waals surface area (Å²) in [6.07, 6.45) is 4.59. The van der Waals surface area contributed by atoms with Gasteiger partial charge < -0.3 is 15.8 Å². The van der Waals surface area contributed by atoms with Gasteiger partial charge >= 0.3 is 0 Å². The van der Waals surface area contributed by atoms with Crippen molar-refractivity contribution >= 4 is 11.6 Å². The van der Waals surface area contributed by atoms with Crippen LogP contribution in [0.3, 0.4) is 0 Å². The minimum absolute atomic E-state index is 0.0775. The molecule has 0 spiro atoms. The van der Waals surface area contributed by atoms with Crippen LogP contribution in [0.15, 0.2) is 18.2 Å². The second-order valence-electron chi connectivity index (χ2n) is 4.50. The number of hydrogen-bond acceptors (Lipinski definition) is 3. The first-order chi connectivity index (χ1) is 9.19. The van der Waals surface area contributed by atoms with Crippen LogP contribution in [0, 0.1) is 0 Å². The number of anilines is 1. The van der Waals surface area contributed by atoms with Gasteiger partial charge in [-0.2, -0.15) is 0 Å². The zero-order valence-corrected chi connectivity index (χ0v) is 11.9. The smallest absolute Gasteiger partial charge is 0.251 e. The van der Waals surface area contributed by atoms with E-state index in [2.05, 4.69) is 12.2 Å². The van der Waals surface area contributed by atoms with E-state index in [0.29, 0.717) is 30.2 Å². The van der Waals surface area contributed by atoms with E-state index in [4.69, 9.17) is 10.5 Å². The van der Waals surface area contributed by atoms with Crippen molar-refractivity contribution in [2.24, 2.45) is 0 Å². The van der Waals surface area contributed by atoms with E-state index in [0.717, 1.165) is 12.8 Å². The van der Waals surface area contributed by atoms with E-state index in [9.17, 15) is 4.79 Å². The number of benzene rings is 1. The first-order valence-corrected chi connectivity index (χ1v) is 6.99. The molecule has 19 heavy (non-hydrogen) atoms. The van der Waals surface area contributed by atoms with Crippen LogP contribution < -0.4 is 15.8 Å². The van der Waals surface area contributed by atoms with E-state index in [-0.39, 0.29) is 5.91 Å². The van der Waals surface area contributed by atoms with E-state index in [1.165, 1.54) is 12.8 Å². The SMILES string of the molecule is CCCCCCNC(=O)c1ccc(OCC)c(N)c1. The summed E-state index contributed by atoms with van der Waals surface area (Å²) < 4.78 is 5.34. The summed E-state index contributed by atoms with van der Waals surface area (Å²) in [4.78, 5) is 11.9. The highest BCUT2D eigenvalue weighted by atomic mass is 16.5.